The molecule has 0 aliphatic carbocycles. The van der Waals surface area contributed by atoms with Crippen molar-refractivity contribution in [3.05, 3.63) is 47.3 Å². The average molecular weight is 257 g/mol. The lowest BCUT2D eigenvalue weighted by molar-refractivity contribution is -0.137. The van der Waals surface area contributed by atoms with E-state index in [-0.39, 0.29) is 11.3 Å². The van der Waals surface area contributed by atoms with Crippen LogP contribution >= 0.6 is 0 Å². The third-order valence-corrected chi connectivity index (χ3v) is 2.54. The molecule has 0 radical (unpaired) electrons. The summed E-state index contributed by atoms with van der Waals surface area (Å²) in [5.41, 5.74) is 5.22. The topological polar surface area (TPSA) is 74.9 Å². The Morgan fingerprint density at radius 2 is 2.06 bits per heavy atom. The van der Waals surface area contributed by atoms with E-state index >= 15 is 0 Å². The van der Waals surface area contributed by atoms with Crippen molar-refractivity contribution in [1.29, 1.82) is 0 Å². The summed E-state index contributed by atoms with van der Waals surface area (Å²) in [6.45, 7) is 0. The molecule has 18 heavy (non-hydrogen) atoms. The Bertz CT molecular complexity index is 537. The van der Waals surface area contributed by atoms with Crippen molar-refractivity contribution in [2.45, 2.75) is 12.3 Å². The molecule has 1 heterocycles. The van der Waals surface area contributed by atoms with E-state index in [0.717, 1.165) is 18.2 Å². The Hall–Kier alpha value is -2.02. The molecule has 4 N–H and O–H groups in total. The molecule has 0 spiro atoms. The number of nitrogen functional groups attached to an aromatic ring is 1. The van der Waals surface area contributed by atoms with Crippen LogP contribution in [-0.2, 0) is 6.18 Å². The maximum absolute atomic E-state index is 12.4. The fourth-order valence-electron chi connectivity index (χ4n) is 1.59. The zero-order valence-electron chi connectivity index (χ0n) is 9.07. The second-order valence-electron chi connectivity index (χ2n) is 3.78. The van der Waals surface area contributed by atoms with E-state index in [0.29, 0.717) is 5.56 Å². The third-order valence-electron chi connectivity index (χ3n) is 2.54. The number of benzene rings is 1. The monoisotopic (exact) mass is 257 g/mol. The number of aliphatic hydroxyl groups excluding tert-OH is 1. The smallest absolute Gasteiger partial charge is 0.398 e. The SMILES string of the molecule is Nc1cc(C(F)(F)F)ccc1C(O)c1cn[nH]c1. The average Bonchev–Trinajstić information content (AvgIpc) is 2.80. The molecule has 2 aromatic rings. The van der Waals surface area contributed by atoms with Crippen molar-refractivity contribution in [3.63, 3.8) is 0 Å². The number of H-pyrrole nitrogens is 1. The summed E-state index contributed by atoms with van der Waals surface area (Å²) in [6, 6.07) is 2.85. The molecule has 0 saturated carbocycles. The van der Waals surface area contributed by atoms with Gasteiger partial charge in [0.05, 0.1) is 11.8 Å². The van der Waals surface area contributed by atoms with E-state index in [1.54, 1.807) is 0 Å². The Balaban J connectivity index is 2.36. The summed E-state index contributed by atoms with van der Waals surface area (Å²) in [7, 11) is 0. The van der Waals surface area contributed by atoms with Crippen LogP contribution in [0.3, 0.4) is 0 Å². The number of aromatic nitrogens is 2. The molecule has 1 unspecified atom stereocenters. The Labute approximate surface area is 100 Å². The molecule has 0 fully saturated rings. The highest BCUT2D eigenvalue weighted by Gasteiger charge is 2.31. The molecule has 1 aromatic carbocycles. The highest BCUT2D eigenvalue weighted by molar-refractivity contribution is 5.52. The first-order valence-electron chi connectivity index (χ1n) is 5.03. The van der Waals surface area contributed by atoms with Gasteiger partial charge in [-0.3, -0.25) is 5.10 Å². The van der Waals surface area contributed by atoms with Gasteiger partial charge in [0.25, 0.3) is 0 Å². The number of alkyl halides is 3. The lowest BCUT2D eigenvalue weighted by Gasteiger charge is -2.14. The number of anilines is 1. The van der Waals surface area contributed by atoms with Crippen molar-refractivity contribution in [3.8, 4) is 0 Å². The highest BCUT2D eigenvalue weighted by Crippen LogP contribution is 2.34. The van der Waals surface area contributed by atoms with E-state index in [1.165, 1.54) is 12.4 Å². The number of aliphatic hydroxyl groups is 1. The molecule has 2 rings (SSSR count). The first-order valence-corrected chi connectivity index (χ1v) is 5.03. The van der Waals surface area contributed by atoms with Crippen molar-refractivity contribution in [1.82, 2.24) is 10.2 Å². The normalized spacial score (nSPS) is 13.6. The van der Waals surface area contributed by atoms with Crippen LogP contribution in [-0.4, -0.2) is 15.3 Å². The zero-order chi connectivity index (χ0) is 13.3. The maximum atomic E-state index is 12.4. The minimum atomic E-state index is -4.45. The zero-order valence-corrected chi connectivity index (χ0v) is 9.07. The summed E-state index contributed by atoms with van der Waals surface area (Å²) in [5.74, 6) is 0. The maximum Gasteiger partial charge on any atom is 0.416 e. The number of rotatable bonds is 2. The van der Waals surface area contributed by atoms with E-state index in [2.05, 4.69) is 10.2 Å². The molecule has 0 aliphatic rings. The molecular formula is C11H10F3N3O. The molecule has 96 valence electrons. The summed E-state index contributed by atoms with van der Waals surface area (Å²) in [6.07, 6.45) is -2.73. The number of aromatic amines is 1. The second-order valence-corrected chi connectivity index (χ2v) is 3.78. The van der Waals surface area contributed by atoms with Crippen LogP contribution in [0.4, 0.5) is 18.9 Å². The van der Waals surface area contributed by atoms with E-state index in [1.807, 2.05) is 0 Å². The lowest BCUT2D eigenvalue weighted by Crippen LogP contribution is -2.09. The van der Waals surface area contributed by atoms with Gasteiger partial charge in [0, 0.05) is 23.0 Å². The summed E-state index contributed by atoms with van der Waals surface area (Å²) in [4.78, 5) is 0. The van der Waals surface area contributed by atoms with Crippen LogP contribution in [0.2, 0.25) is 0 Å². The predicted octanol–water partition coefficient (Wildman–Crippen LogP) is 2.09. The number of halogens is 3. The van der Waals surface area contributed by atoms with Crippen LogP contribution in [0, 0.1) is 0 Å². The third kappa shape index (κ3) is 2.30. The lowest BCUT2D eigenvalue weighted by atomic mass is 10.0. The Morgan fingerprint density at radius 1 is 1.33 bits per heavy atom. The summed E-state index contributed by atoms with van der Waals surface area (Å²) in [5, 5.41) is 16.1. The van der Waals surface area contributed by atoms with Gasteiger partial charge in [-0.1, -0.05) is 6.07 Å². The largest absolute Gasteiger partial charge is 0.416 e. The molecule has 0 amide bonds. The molecule has 0 bridgehead atoms. The van der Waals surface area contributed by atoms with Gasteiger partial charge in [0.2, 0.25) is 0 Å². The fourth-order valence-corrected chi connectivity index (χ4v) is 1.59. The van der Waals surface area contributed by atoms with Crippen molar-refractivity contribution in [2.75, 3.05) is 5.73 Å². The van der Waals surface area contributed by atoms with Gasteiger partial charge in [-0.05, 0) is 12.1 Å². The fraction of sp³-hybridized carbons (Fsp3) is 0.182. The van der Waals surface area contributed by atoms with Gasteiger partial charge in [-0.25, -0.2) is 0 Å². The number of nitrogens with zero attached hydrogens (tertiary/aromatic N) is 1. The summed E-state index contributed by atoms with van der Waals surface area (Å²) >= 11 is 0. The van der Waals surface area contributed by atoms with Crippen molar-refractivity contribution in [2.24, 2.45) is 0 Å². The number of nitrogens with two attached hydrogens (primary N) is 1. The quantitative estimate of drug-likeness (QED) is 0.721. The Kier molecular flexibility index (Phi) is 3.00. The van der Waals surface area contributed by atoms with Crippen LogP contribution in [0.1, 0.15) is 22.8 Å². The van der Waals surface area contributed by atoms with Gasteiger partial charge in [-0.15, -0.1) is 0 Å². The van der Waals surface area contributed by atoms with E-state index in [4.69, 9.17) is 5.73 Å². The van der Waals surface area contributed by atoms with Crippen LogP contribution in [0.5, 0.6) is 0 Å². The van der Waals surface area contributed by atoms with Gasteiger partial charge >= 0.3 is 6.18 Å². The van der Waals surface area contributed by atoms with E-state index < -0.39 is 17.8 Å². The molecule has 0 saturated heterocycles. The van der Waals surface area contributed by atoms with Crippen LogP contribution in [0.15, 0.2) is 30.6 Å². The minimum absolute atomic E-state index is 0.112. The van der Waals surface area contributed by atoms with Crippen molar-refractivity contribution >= 4 is 5.69 Å². The molecule has 7 heteroatoms. The molecule has 1 atom stereocenters. The molecule has 4 nitrogen and oxygen atoms in total. The van der Waals surface area contributed by atoms with Gasteiger partial charge in [-0.2, -0.15) is 18.3 Å². The number of hydrogen-bond donors (Lipinski definition) is 3. The minimum Gasteiger partial charge on any atom is -0.398 e. The molecule has 1 aromatic heterocycles. The molecular weight excluding hydrogens is 247 g/mol. The van der Waals surface area contributed by atoms with Crippen LogP contribution in [0.25, 0.3) is 0 Å². The number of hydrogen-bond acceptors (Lipinski definition) is 3. The highest BCUT2D eigenvalue weighted by atomic mass is 19.4. The summed E-state index contributed by atoms with van der Waals surface area (Å²) < 4.78 is 37.3. The van der Waals surface area contributed by atoms with E-state index in [9.17, 15) is 18.3 Å². The predicted molar refractivity (Wildman–Crippen MR) is 58.5 cm³/mol. The standard InChI is InChI=1S/C11H10F3N3O/c12-11(13,14)7-1-2-8(9(15)3-7)10(18)6-4-16-17-5-6/h1-5,10,18H,15H2,(H,16,17). The first kappa shape index (κ1) is 12.4. The number of nitrogens with one attached hydrogen (secondary N) is 1. The van der Waals surface area contributed by atoms with Gasteiger partial charge < -0.3 is 10.8 Å². The van der Waals surface area contributed by atoms with Crippen LogP contribution < -0.4 is 5.73 Å². The first-order chi connectivity index (χ1) is 8.39. The van der Waals surface area contributed by atoms with Gasteiger partial charge in [0.1, 0.15) is 6.10 Å². The second kappa shape index (κ2) is 4.34. The van der Waals surface area contributed by atoms with Crippen molar-refractivity contribution < 1.29 is 18.3 Å². The Morgan fingerprint density at radius 3 is 2.56 bits per heavy atom. The van der Waals surface area contributed by atoms with Gasteiger partial charge in [0.15, 0.2) is 0 Å². The molecule has 0 aliphatic heterocycles.